The van der Waals surface area contributed by atoms with Crippen molar-refractivity contribution in [2.24, 2.45) is 0 Å². The predicted molar refractivity (Wildman–Crippen MR) is 116 cm³/mol. The molecule has 0 bridgehead atoms. The summed E-state index contributed by atoms with van der Waals surface area (Å²) in [5.41, 5.74) is 4.42. The number of nitrogens with zero attached hydrogens (tertiary/aromatic N) is 2. The van der Waals surface area contributed by atoms with Crippen molar-refractivity contribution in [1.29, 1.82) is 0 Å². The van der Waals surface area contributed by atoms with Crippen LogP contribution in [0, 0.1) is 0 Å². The molecule has 0 saturated carbocycles. The predicted octanol–water partition coefficient (Wildman–Crippen LogP) is 2.96. The third kappa shape index (κ3) is 5.53. The van der Waals surface area contributed by atoms with E-state index in [1.807, 2.05) is 18.2 Å². The summed E-state index contributed by atoms with van der Waals surface area (Å²) in [5.74, 6) is 0.914. The fourth-order valence-electron chi connectivity index (χ4n) is 3.52. The molecule has 0 spiro atoms. The molecular weight excluding hydrogens is 362 g/mol. The van der Waals surface area contributed by atoms with E-state index in [4.69, 9.17) is 0 Å². The van der Waals surface area contributed by atoms with Gasteiger partial charge in [0.2, 0.25) is 5.95 Å². The first-order chi connectivity index (χ1) is 14.3. The lowest BCUT2D eigenvalue weighted by Crippen LogP contribution is -2.30. The Balaban J connectivity index is 1.36. The van der Waals surface area contributed by atoms with Gasteiger partial charge in [0.1, 0.15) is 5.75 Å². The second-order valence-electron chi connectivity index (χ2n) is 7.38. The summed E-state index contributed by atoms with van der Waals surface area (Å²) in [6, 6.07) is 18.3. The molecule has 1 aliphatic heterocycles. The zero-order chi connectivity index (χ0) is 19.9. The molecule has 2 aromatic carbocycles. The second kappa shape index (κ2) is 9.49. The molecule has 29 heavy (non-hydrogen) atoms. The molecule has 6 nitrogen and oxygen atoms in total. The molecule has 1 fully saturated rings. The molecule has 1 unspecified atom stereocenters. The smallest absolute Gasteiger partial charge is 0.223 e. The normalized spacial score (nSPS) is 16.1. The molecule has 0 aliphatic carbocycles. The van der Waals surface area contributed by atoms with Crippen molar-refractivity contribution in [3.63, 3.8) is 0 Å². The molecule has 6 heteroatoms. The number of aromatic nitrogens is 2. The van der Waals surface area contributed by atoms with E-state index in [1.54, 1.807) is 18.3 Å². The minimum atomic E-state index is 0.287. The van der Waals surface area contributed by atoms with Crippen LogP contribution >= 0.6 is 0 Å². The average Bonchev–Trinajstić information content (AvgIpc) is 3.28. The molecule has 0 radical (unpaired) electrons. The van der Waals surface area contributed by atoms with Gasteiger partial charge in [0.25, 0.3) is 0 Å². The number of aromatic hydroxyl groups is 1. The number of rotatable bonds is 8. The Morgan fingerprint density at radius 3 is 2.79 bits per heavy atom. The Morgan fingerprint density at radius 1 is 1.07 bits per heavy atom. The number of hydrogen-bond acceptors (Lipinski definition) is 6. The van der Waals surface area contributed by atoms with Gasteiger partial charge < -0.3 is 21.1 Å². The SMILES string of the molecule is Oc1ccc(CCNc2nccc(-c3cccc(CNC4CCNC4)c3)n2)cc1. The van der Waals surface area contributed by atoms with Crippen LogP contribution in [0.5, 0.6) is 5.75 Å². The summed E-state index contributed by atoms with van der Waals surface area (Å²) in [4.78, 5) is 9.01. The molecule has 1 aliphatic rings. The van der Waals surface area contributed by atoms with Crippen molar-refractivity contribution >= 4 is 5.95 Å². The fourth-order valence-corrected chi connectivity index (χ4v) is 3.52. The van der Waals surface area contributed by atoms with Crippen molar-refractivity contribution in [1.82, 2.24) is 20.6 Å². The topological polar surface area (TPSA) is 82.1 Å². The summed E-state index contributed by atoms with van der Waals surface area (Å²) < 4.78 is 0. The van der Waals surface area contributed by atoms with E-state index in [-0.39, 0.29) is 5.75 Å². The minimum absolute atomic E-state index is 0.287. The molecule has 4 N–H and O–H groups in total. The quantitative estimate of drug-likeness (QED) is 0.474. The van der Waals surface area contributed by atoms with Gasteiger partial charge in [-0.2, -0.15) is 0 Å². The Morgan fingerprint density at radius 2 is 1.97 bits per heavy atom. The van der Waals surface area contributed by atoms with E-state index in [2.05, 4.69) is 50.2 Å². The lowest BCUT2D eigenvalue weighted by molar-refractivity contribution is 0.475. The lowest BCUT2D eigenvalue weighted by Gasteiger charge is -2.12. The van der Waals surface area contributed by atoms with Gasteiger partial charge in [-0.3, -0.25) is 0 Å². The molecular formula is C23H27N5O. The van der Waals surface area contributed by atoms with Crippen LogP contribution in [0.2, 0.25) is 0 Å². The number of phenolic OH excluding ortho intramolecular Hbond substituents is 1. The first-order valence-corrected chi connectivity index (χ1v) is 10.1. The Kier molecular flexibility index (Phi) is 6.34. The van der Waals surface area contributed by atoms with Gasteiger partial charge in [0.15, 0.2) is 0 Å². The summed E-state index contributed by atoms with van der Waals surface area (Å²) in [5, 5.41) is 19.7. The van der Waals surface area contributed by atoms with E-state index >= 15 is 0 Å². The Labute approximate surface area is 171 Å². The van der Waals surface area contributed by atoms with Crippen molar-refractivity contribution in [2.45, 2.75) is 25.4 Å². The molecule has 1 aromatic heterocycles. The Hall–Kier alpha value is -2.96. The summed E-state index contributed by atoms with van der Waals surface area (Å²) in [6.07, 6.45) is 3.82. The second-order valence-corrected chi connectivity index (χ2v) is 7.38. The molecule has 0 amide bonds. The van der Waals surface area contributed by atoms with Crippen molar-refractivity contribution in [3.05, 3.63) is 71.9 Å². The van der Waals surface area contributed by atoms with Crippen LogP contribution < -0.4 is 16.0 Å². The van der Waals surface area contributed by atoms with Crippen LogP contribution in [0.3, 0.4) is 0 Å². The van der Waals surface area contributed by atoms with Gasteiger partial charge in [0.05, 0.1) is 5.69 Å². The number of nitrogens with one attached hydrogen (secondary N) is 3. The zero-order valence-corrected chi connectivity index (χ0v) is 16.4. The van der Waals surface area contributed by atoms with Crippen LogP contribution in [-0.4, -0.2) is 40.8 Å². The molecule has 150 valence electrons. The summed E-state index contributed by atoms with van der Waals surface area (Å²) in [6.45, 7) is 3.74. The minimum Gasteiger partial charge on any atom is -0.508 e. The number of anilines is 1. The molecule has 1 saturated heterocycles. The van der Waals surface area contributed by atoms with Crippen molar-refractivity contribution < 1.29 is 5.11 Å². The van der Waals surface area contributed by atoms with Gasteiger partial charge in [-0.15, -0.1) is 0 Å². The maximum absolute atomic E-state index is 9.36. The lowest BCUT2D eigenvalue weighted by atomic mass is 10.1. The highest BCUT2D eigenvalue weighted by atomic mass is 16.3. The highest BCUT2D eigenvalue weighted by molar-refractivity contribution is 5.60. The number of hydrogen-bond donors (Lipinski definition) is 4. The van der Waals surface area contributed by atoms with Gasteiger partial charge in [0, 0.05) is 37.4 Å². The van der Waals surface area contributed by atoms with Crippen molar-refractivity contribution in [3.8, 4) is 17.0 Å². The van der Waals surface area contributed by atoms with Crippen LogP contribution in [0.1, 0.15) is 17.5 Å². The standard InChI is InChI=1S/C23H27N5O/c29-21-6-4-17(5-7-21)8-12-25-23-26-13-10-22(28-23)19-3-1-2-18(14-19)15-27-20-9-11-24-16-20/h1-7,10,13-14,20,24,27,29H,8-9,11-12,15-16H2,(H,25,26,28). The van der Waals surface area contributed by atoms with E-state index in [9.17, 15) is 5.11 Å². The summed E-state index contributed by atoms with van der Waals surface area (Å²) >= 11 is 0. The zero-order valence-electron chi connectivity index (χ0n) is 16.4. The van der Waals surface area contributed by atoms with Crippen molar-refractivity contribution in [2.75, 3.05) is 25.0 Å². The van der Waals surface area contributed by atoms with Gasteiger partial charge in [-0.05, 0) is 54.8 Å². The average molecular weight is 390 g/mol. The maximum Gasteiger partial charge on any atom is 0.223 e. The first kappa shape index (κ1) is 19.4. The summed E-state index contributed by atoms with van der Waals surface area (Å²) in [7, 11) is 0. The first-order valence-electron chi connectivity index (χ1n) is 10.1. The van der Waals surface area contributed by atoms with E-state index in [1.165, 1.54) is 12.0 Å². The van der Waals surface area contributed by atoms with Crippen LogP contribution in [-0.2, 0) is 13.0 Å². The fraction of sp³-hybridized carbons (Fsp3) is 0.304. The van der Waals surface area contributed by atoms with E-state index in [0.29, 0.717) is 12.0 Å². The van der Waals surface area contributed by atoms with Gasteiger partial charge in [-0.25, -0.2) is 9.97 Å². The van der Waals surface area contributed by atoms with Crippen LogP contribution in [0.15, 0.2) is 60.8 Å². The van der Waals surface area contributed by atoms with Crippen LogP contribution in [0.4, 0.5) is 5.95 Å². The largest absolute Gasteiger partial charge is 0.508 e. The molecule has 2 heterocycles. The Bertz CT molecular complexity index is 923. The van der Waals surface area contributed by atoms with E-state index in [0.717, 1.165) is 49.4 Å². The molecule has 3 aromatic rings. The third-order valence-electron chi connectivity index (χ3n) is 5.17. The molecule has 1 atom stereocenters. The monoisotopic (exact) mass is 389 g/mol. The van der Waals surface area contributed by atoms with E-state index < -0.39 is 0 Å². The molecule has 4 rings (SSSR count). The van der Waals surface area contributed by atoms with Gasteiger partial charge >= 0.3 is 0 Å². The highest BCUT2D eigenvalue weighted by Gasteiger charge is 2.13. The number of benzene rings is 2. The highest BCUT2D eigenvalue weighted by Crippen LogP contribution is 2.19. The maximum atomic E-state index is 9.36. The van der Waals surface area contributed by atoms with Crippen LogP contribution in [0.25, 0.3) is 11.3 Å². The third-order valence-corrected chi connectivity index (χ3v) is 5.17. The van der Waals surface area contributed by atoms with Gasteiger partial charge in [-0.1, -0.05) is 30.3 Å². The number of phenols is 1.